The van der Waals surface area contributed by atoms with E-state index in [9.17, 15) is 0 Å². The SMILES string of the molecule is [CH2]C=C(C)CN(CCCC)CCCC. The van der Waals surface area contributed by atoms with Gasteiger partial charge in [0.25, 0.3) is 0 Å². The van der Waals surface area contributed by atoms with E-state index in [2.05, 4.69) is 32.6 Å². The van der Waals surface area contributed by atoms with E-state index in [1.807, 2.05) is 6.08 Å². The van der Waals surface area contributed by atoms with Crippen LogP contribution in [0.1, 0.15) is 46.5 Å². The summed E-state index contributed by atoms with van der Waals surface area (Å²) >= 11 is 0. The molecule has 83 valence electrons. The Bertz CT molecular complexity index is 141. The van der Waals surface area contributed by atoms with Crippen molar-refractivity contribution in [1.29, 1.82) is 0 Å². The van der Waals surface area contributed by atoms with Crippen molar-refractivity contribution in [3.8, 4) is 0 Å². The van der Waals surface area contributed by atoms with Gasteiger partial charge in [0.05, 0.1) is 0 Å². The maximum atomic E-state index is 3.81. The van der Waals surface area contributed by atoms with Crippen molar-refractivity contribution in [1.82, 2.24) is 4.90 Å². The van der Waals surface area contributed by atoms with Crippen molar-refractivity contribution in [2.45, 2.75) is 46.5 Å². The van der Waals surface area contributed by atoms with E-state index in [0.29, 0.717) is 0 Å². The third-order valence-corrected chi connectivity index (χ3v) is 2.48. The van der Waals surface area contributed by atoms with Gasteiger partial charge in [0, 0.05) is 6.54 Å². The summed E-state index contributed by atoms with van der Waals surface area (Å²) in [7, 11) is 0. The number of hydrogen-bond acceptors (Lipinski definition) is 1. The van der Waals surface area contributed by atoms with Crippen LogP contribution >= 0.6 is 0 Å². The Morgan fingerprint density at radius 2 is 1.64 bits per heavy atom. The molecule has 0 saturated carbocycles. The summed E-state index contributed by atoms with van der Waals surface area (Å²) < 4.78 is 0. The number of rotatable bonds is 8. The van der Waals surface area contributed by atoms with Gasteiger partial charge in [-0.1, -0.05) is 38.3 Å². The van der Waals surface area contributed by atoms with E-state index in [-0.39, 0.29) is 0 Å². The second-order valence-corrected chi connectivity index (χ2v) is 4.03. The number of hydrogen-bond donors (Lipinski definition) is 0. The molecule has 0 spiro atoms. The molecule has 0 unspecified atom stereocenters. The van der Waals surface area contributed by atoms with Gasteiger partial charge in [-0.2, -0.15) is 0 Å². The molecule has 0 aliphatic carbocycles. The van der Waals surface area contributed by atoms with Crippen LogP contribution in [0.15, 0.2) is 11.6 Å². The molecule has 0 saturated heterocycles. The Balaban J connectivity index is 3.83. The van der Waals surface area contributed by atoms with Crippen LogP contribution in [0.25, 0.3) is 0 Å². The second-order valence-electron chi connectivity index (χ2n) is 4.03. The second kappa shape index (κ2) is 9.26. The molecule has 0 aromatic heterocycles. The molecule has 14 heavy (non-hydrogen) atoms. The Hall–Kier alpha value is -0.300. The number of nitrogens with zero attached hydrogens (tertiary/aromatic N) is 1. The van der Waals surface area contributed by atoms with Gasteiger partial charge in [0.2, 0.25) is 0 Å². The third kappa shape index (κ3) is 7.14. The zero-order valence-electron chi connectivity index (χ0n) is 10.2. The Morgan fingerprint density at radius 1 is 1.14 bits per heavy atom. The van der Waals surface area contributed by atoms with Crippen molar-refractivity contribution in [3.05, 3.63) is 18.6 Å². The lowest BCUT2D eigenvalue weighted by Crippen LogP contribution is -2.27. The maximum Gasteiger partial charge on any atom is 0.0190 e. The molecule has 1 radical (unpaired) electrons. The van der Waals surface area contributed by atoms with E-state index in [4.69, 9.17) is 0 Å². The summed E-state index contributed by atoms with van der Waals surface area (Å²) in [4.78, 5) is 2.55. The summed E-state index contributed by atoms with van der Waals surface area (Å²) in [6.07, 6.45) is 7.18. The monoisotopic (exact) mass is 196 g/mol. The molecular weight excluding hydrogens is 170 g/mol. The Kier molecular flexibility index (Phi) is 9.06. The minimum absolute atomic E-state index is 1.10. The van der Waals surface area contributed by atoms with Crippen LogP contribution in [0.5, 0.6) is 0 Å². The molecule has 0 aliphatic heterocycles. The summed E-state index contributed by atoms with van der Waals surface area (Å²) in [6, 6.07) is 0. The fourth-order valence-electron chi connectivity index (χ4n) is 1.45. The van der Waals surface area contributed by atoms with Crippen molar-refractivity contribution in [2.75, 3.05) is 19.6 Å². The average Bonchev–Trinajstić information content (AvgIpc) is 2.21. The van der Waals surface area contributed by atoms with E-state index < -0.39 is 0 Å². The van der Waals surface area contributed by atoms with E-state index in [1.165, 1.54) is 44.3 Å². The van der Waals surface area contributed by atoms with Crippen LogP contribution < -0.4 is 0 Å². The first-order valence-corrected chi connectivity index (χ1v) is 5.91. The molecule has 1 nitrogen and oxygen atoms in total. The number of unbranched alkanes of at least 4 members (excludes halogenated alkanes) is 2. The highest BCUT2D eigenvalue weighted by molar-refractivity contribution is 5.02. The maximum absolute atomic E-state index is 3.81. The first-order valence-electron chi connectivity index (χ1n) is 5.91. The highest BCUT2D eigenvalue weighted by Crippen LogP contribution is 2.03. The molecule has 0 N–H and O–H groups in total. The van der Waals surface area contributed by atoms with Gasteiger partial charge in [-0.25, -0.2) is 0 Å². The van der Waals surface area contributed by atoms with Crippen LogP contribution in [-0.4, -0.2) is 24.5 Å². The van der Waals surface area contributed by atoms with Gasteiger partial charge in [-0.05, 0) is 39.8 Å². The van der Waals surface area contributed by atoms with E-state index in [0.717, 1.165) is 6.54 Å². The summed E-state index contributed by atoms with van der Waals surface area (Å²) in [6.45, 7) is 14.1. The number of allylic oxidation sites excluding steroid dienone is 1. The zero-order chi connectivity index (χ0) is 10.8. The molecule has 0 aliphatic rings. The van der Waals surface area contributed by atoms with Crippen molar-refractivity contribution >= 4 is 0 Å². The highest BCUT2D eigenvalue weighted by atomic mass is 15.1. The lowest BCUT2D eigenvalue weighted by Gasteiger charge is -2.22. The first-order chi connectivity index (χ1) is 6.74. The van der Waals surface area contributed by atoms with Crippen LogP contribution in [0.2, 0.25) is 0 Å². The lowest BCUT2D eigenvalue weighted by molar-refractivity contribution is 0.286. The fourth-order valence-corrected chi connectivity index (χ4v) is 1.45. The molecule has 0 aromatic rings. The van der Waals surface area contributed by atoms with Gasteiger partial charge in [0.1, 0.15) is 0 Å². The molecule has 0 atom stereocenters. The summed E-state index contributed by atoms with van der Waals surface area (Å²) in [5, 5.41) is 0. The summed E-state index contributed by atoms with van der Waals surface area (Å²) in [5.74, 6) is 0. The molecule has 0 bridgehead atoms. The van der Waals surface area contributed by atoms with Gasteiger partial charge in [-0.3, -0.25) is 4.90 Å². The fraction of sp³-hybridized carbons (Fsp3) is 0.769. The average molecular weight is 196 g/mol. The van der Waals surface area contributed by atoms with Crippen LogP contribution in [-0.2, 0) is 0 Å². The molecule has 0 amide bonds. The normalized spacial score (nSPS) is 12.5. The molecular formula is C13H26N. The molecule has 0 aromatic carbocycles. The van der Waals surface area contributed by atoms with Gasteiger partial charge in [0.15, 0.2) is 0 Å². The van der Waals surface area contributed by atoms with Gasteiger partial charge < -0.3 is 0 Å². The zero-order valence-corrected chi connectivity index (χ0v) is 10.2. The summed E-state index contributed by atoms with van der Waals surface area (Å²) in [5.41, 5.74) is 1.39. The van der Waals surface area contributed by atoms with Crippen LogP contribution in [0.4, 0.5) is 0 Å². The lowest BCUT2D eigenvalue weighted by atomic mass is 10.2. The quantitative estimate of drug-likeness (QED) is 0.572. The first kappa shape index (κ1) is 13.7. The third-order valence-electron chi connectivity index (χ3n) is 2.48. The largest absolute Gasteiger partial charge is 0.299 e. The predicted octanol–water partition coefficient (Wildman–Crippen LogP) is 3.67. The standard InChI is InChI=1S/C13H26N/c1-5-8-10-14(11-9-6-2)12-13(4)7-3/h7H,3,5-6,8-12H2,1-2,4H3. The molecule has 0 heterocycles. The van der Waals surface area contributed by atoms with Gasteiger partial charge >= 0.3 is 0 Å². The molecule has 1 heteroatoms. The minimum atomic E-state index is 1.10. The van der Waals surface area contributed by atoms with Crippen LogP contribution in [0, 0.1) is 6.92 Å². The van der Waals surface area contributed by atoms with Crippen molar-refractivity contribution < 1.29 is 0 Å². The highest BCUT2D eigenvalue weighted by Gasteiger charge is 2.03. The predicted molar refractivity (Wildman–Crippen MR) is 65.4 cm³/mol. The topological polar surface area (TPSA) is 3.24 Å². The minimum Gasteiger partial charge on any atom is -0.299 e. The van der Waals surface area contributed by atoms with Crippen molar-refractivity contribution in [3.63, 3.8) is 0 Å². The van der Waals surface area contributed by atoms with E-state index in [1.54, 1.807) is 0 Å². The van der Waals surface area contributed by atoms with Crippen molar-refractivity contribution in [2.24, 2.45) is 0 Å². The van der Waals surface area contributed by atoms with Crippen LogP contribution in [0.3, 0.4) is 0 Å². The smallest absolute Gasteiger partial charge is 0.0190 e. The van der Waals surface area contributed by atoms with Gasteiger partial charge in [-0.15, -0.1) is 0 Å². The van der Waals surface area contributed by atoms with E-state index >= 15 is 0 Å². The Labute approximate surface area is 90.2 Å². The Morgan fingerprint density at radius 3 is 2.00 bits per heavy atom. The molecule has 0 fully saturated rings. The molecule has 0 rings (SSSR count).